The van der Waals surface area contributed by atoms with Crippen molar-refractivity contribution in [3.8, 4) is 5.75 Å². The molecule has 0 amide bonds. The molecule has 1 aliphatic rings. The van der Waals surface area contributed by atoms with Crippen molar-refractivity contribution in [2.75, 3.05) is 13.4 Å². The fraction of sp³-hybridized carbons (Fsp3) is 0.533. The van der Waals surface area contributed by atoms with E-state index in [1.54, 1.807) is 0 Å². The maximum absolute atomic E-state index is 11.7. The molecule has 13 nitrogen and oxygen atoms in total. The van der Waals surface area contributed by atoms with Crippen molar-refractivity contribution in [2.24, 2.45) is 0 Å². The van der Waals surface area contributed by atoms with Gasteiger partial charge in [0, 0.05) is 6.07 Å². The smallest absolute Gasteiger partial charge is 0.337 e. The number of aliphatic hydroxyl groups excluding tert-OH is 3. The first kappa shape index (κ1) is 22.9. The first-order valence-corrected chi connectivity index (χ1v) is 9.82. The van der Waals surface area contributed by atoms with E-state index < -0.39 is 69.8 Å². The van der Waals surface area contributed by atoms with Crippen LogP contribution < -0.4 is 4.74 Å². The molecule has 0 aliphatic carbocycles. The summed E-state index contributed by atoms with van der Waals surface area (Å²) in [6.07, 6.45) is -8.17. The average Bonchev–Trinajstić information content (AvgIpc) is 2.66. The lowest BCUT2D eigenvalue weighted by atomic mass is 9.99. The van der Waals surface area contributed by atoms with Crippen LogP contribution in [-0.2, 0) is 35.2 Å². The largest absolute Gasteiger partial charge is 0.467 e. The van der Waals surface area contributed by atoms with Gasteiger partial charge in [0.25, 0.3) is 10.1 Å². The monoisotopic (exact) mass is 437 g/mol. The number of hydrogen-bond acceptors (Lipinski definition) is 12. The highest BCUT2D eigenvalue weighted by Crippen LogP contribution is 2.32. The zero-order valence-corrected chi connectivity index (χ0v) is 16.0. The van der Waals surface area contributed by atoms with Gasteiger partial charge in [-0.1, -0.05) is 6.07 Å². The van der Waals surface area contributed by atoms with Crippen LogP contribution in [0, 0.1) is 10.1 Å². The van der Waals surface area contributed by atoms with Gasteiger partial charge in [-0.3, -0.25) is 14.3 Å². The second kappa shape index (κ2) is 8.98. The molecule has 0 aromatic heterocycles. The third-order valence-corrected chi connectivity index (χ3v) is 4.45. The number of carbonyl (C=O) groups excluding carboxylic acids is 1. The minimum absolute atomic E-state index is 0.141. The normalized spacial score (nSPS) is 27.3. The molecule has 1 heterocycles. The van der Waals surface area contributed by atoms with E-state index in [-0.39, 0.29) is 5.56 Å². The number of carbonyl (C=O) groups is 1. The molecule has 1 fully saturated rings. The molecule has 2 rings (SSSR count). The Morgan fingerprint density at radius 1 is 1.24 bits per heavy atom. The highest BCUT2D eigenvalue weighted by molar-refractivity contribution is 7.85. The molecule has 162 valence electrons. The van der Waals surface area contributed by atoms with Crippen LogP contribution in [-0.4, -0.2) is 78.7 Å². The van der Waals surface area contributed by atoms with E-state index in [4.69, 9.17) is 9.47 Å². The number of rotatable bonds is 7. The van der Waals surface area contributed by atoms with Crippen LogP contribution in [0.3, 0.4) is 0 Å². The molecule has 5 atom stereocenters. The van der Waals surface area contributed by atoms with Crippen molar-refractivity contribution in [2.45, 2.75) is 37.3 Å². The quantitative estimate of drug-likeness (QED) is 0.192. The molecule has 0 saturated carbocycles. The highest BCUT2D eigenvalue weighted by Gasteiger charge is 2.48. The number of ether oxygens (including phenoxy) is 3. The first-order valence-electron chi connectivity index (χ1n) is 8.00. The average molecular weight is 437 g/mol. The number of nitrogens with zero attached hydrogens (tertiary/aromatic N) is 1. The minimum Gasteiger partial charge on any atom is -0.467 e. The van der Waals surface area contributed by atoms with Crippen molar-refractivity contribution < 1.29 is 51.8 Å². The first-order chi connectivity index (χ1) is 13.4. The Hall–Kier alpha value is -2.36. The van der Waals surface area contributed by atoms with Gasteiger partial charge < -0.3 is 29.5 Å². The highest BCUT2D eigenvalue weighted by atomic mass is 32.2. The Balaban J connectivity index is 2.27. The van der Waals surface area contributed by atoms with Crippen LogP contribution in [0.25, 0.3) is 0 Å². The van der Waals surface area contributed by atoms with Crippen molar-refractivity contribution in [1.82, 2.24) is 0 Å². The van der Waals surface area contributed by atoms with E-state index in [0.717, 1.165) is 25.5 Å². The molecule has 1 aliphatic heterocycles. The summed E-state index contributed by atoms with van der Waals surface area (Å²) in [5.41, 5.74) is -0.479. The van der Waals surface area contributed by atoms with Crippen molar-refractivity contribution in [3.63, 3.8) is 0 Å². The summed E-state index contributed by atoms with van der Waals surface area (Å²) in [4.78, 5) is 22.2. The number of nitro benzene ring substituents is 1. The lowest BCUT2D eigenvalue weighted by molar-refractivity contribution is -0.387. The van der Waals surface area contributed by atoms with Crippen LogP contribution in [0.1, 0.15) is 5.56 Å². The zero-order chi connectivity index (χ0) is 21.9. The predicted molar refractivity (Wildman–Crippen MR) is 92.1 cm³/mol. The second-order valence-corrected chi connectivity index (χ2v) is 7.71. The summed E-state index contributed by atoms with van der Waals surface area (Å²) in [6.45, 7) is -0.460. The van der Waals surface area contributed by atoms with Crippen LogP contribution >= 0.6 is 0 Å². The van der Waals surface area contributed by atoms with Gasteiger partial charge in [-0.15, -0.1) is 0 Å². The van der Waals surface area contributed by atoms with E-state index >= 15 is 0 Å². The summed E-state index contributed by atoms with van der Waals surface area (Å²) < 4.78 is 41.5. The fourth-order valence-electron chi connectivity index (χ4n) is 2.45. The predicted octanol–water partition coefficient (Wildman–Crippen LogP) is -1.57. The Kier molecular flexibility index (Phi) is 7.10. The molecule has 2 unspecified atom stereocenters. The molecule has 1 aromatic carbocycles. The molecule has 0 radical (unpaired) electrons. The van der Waals surface area contributed by atoms with Gasteiger partial charge in [-0.05, 0) is 11.6 Å². The van der Waals surface area contributed by atoms with Gasteiger partial charge in [0.05, 0.1) is 24.9 Å². The van der Waals surface area contributed by atoms with E-state index in [1.807, 2.05) is 0 Å². The van der Waals surface area contributed by atoms with Gasteiger partial charge in [-0.25, -0.2) is 4.79 Å². The topological polar surface area (TPSA) is 192 Å². The van der Waals surface area contributed by atoms with Crippen LogP contribution in [0.2, 0.25) is 0 Å². The van der Waals surface area contributed by atoms with Crippen molar-refractivity contribution in [3.05, 3.63) is 33.9 Å². The van der Waals surface area contributed by atoms with Crippen molar-refractivity contribution >= 4 is 21.8 Å². The lowest BCUT2D eigenvalue weighted by Crippen LogP contribution is -2.61. The van der Waals surface area contributed by atoms with E-state index in [0.29, 0.717) is 0 Å². The van der Waals surface area contributed by atoms with Gasteiger partial charge in [0.1, 0.15) is 18.3 Å². The van der Waals surface area contributed by atoms with Crippen molar-refractivity contribution in [1.29, 1.82) is 0 Å². The maximum Gasteiger partial charge on any atom is 0.337 e. The van der Waals surface area contributed by atoms with Gasteiger partial charge in [-0.2, -0.15) is 8.42 Å². The molecular formula is C15H19NO12S. The van der Waals surface area contributed by atoms with Gasteiger partial charge in [0.15, 0.2) is 11.9 Å². The molecule has 29 heavy (non-hydrogen) atoms. The Labute approximate surface area is 164 Å². The number of nitro groups is 1. The summed E-state index contributed by atoms with van der Waals surface area (Å²) in [5, 5.41) is 41.1. The van der Waals surface area contributed by atoms with E-state index in [9.17, 15) is 38.6 Å². The third-order valence-electron chi connectivity index (χ3n) is 3.91. The van der Waals surface area contributed by atoms with Crippen LogP contribution in [0.5, 0.6) is 5.75 Å². The van der Waals surface area contributed by atoms with E-state index in [1.165, 1.54) is 6.07 Å². The Morgan fingerprint density at radius 2 is 1.90 bits per heavy atom. The minimum atomic E-state index is -3.77. The number of esters is 1. The molecule has 14 heteroatoms. The van der Waals surface area contributed by atoms with Crippen LogP contribution in [0.4, 0.5) is 5.69 Å². The maximum atomic E-state index is 11.7. The van der Waals surface area contributed by atoms with Crippen LogP contribution in [0.15, 0.2) is 18.2 Å². The number of methoxy groups -OCH3 is 1. The lowest BCUT2D eigenvalue weighted by Gasteiger charge is -2.38. The Bertz CT molecular complexity index is 872. The van der Waals surface area contributed by atoms with Gasteiger partial charge in [0.2, 0.25) is 6.29 Å². The number of benzene rings is 1. The zero-order valence-electron chi connectivity index (χ0n) is 15.2. The molecule has 0 spiro atoms. The molecule has 1 saturated heterocycles. The molecule has 0 bridgehead atoms. The summed E-state index contributed by atoms with van der Waals surface area (Å²) in [6, 6.07) is 3.35. The summed E-state index contributed by atoms with van der Waals surface area (Å²) in [7, 11) is -2.77. The van der Waals surface area contributed by atoms with Gasteiger partial charge >= 0.3 is 11.7 Å². The summed E-state index contributed by atoms with van der Waals surface area (Å²) in [5.74, 6) is -1.46. The van der Waals surface area contributed by atoms with E-state index in [2.05, 4.69) is 8.92 Å². The number of aliphatic hydroxyl groups is 3. The molecule has 3 N–H and O–H groups in total. The number of hydrogen-bond donors (Lipinski definition) is 3. The molecule has 1 aromatic rings. The Morgan fingerprint density at radius 3 is 2.45 bits per heavy atom. The second-order valence-electron chi connectivity index (χ2n) is 6.06. The fourth-order valence-corrected chi connectivity index (χ4v) is 2.80. The molecular weight excluding hydrogens is 418 g/mol. The third kappa shape index (κ3) is 5.59. The summed E-state index contributed by atoms with van der Waals surface area (Å²) >= 11 is 0. The SMILES string of the molecule is COC(=O)C1O[C@@H](Oc2ccc(COS(C)(=O)=O)cc2[N+](=O)[O-])[C@@H](O)C(O)[C@@H]1O. The standard InChI is InChI=1S/C15H19NO12S/c1-25-14(20)13-11(18)10(17)12(19)15(28-13)27-9-4-3-7(5-8(9)16(21)22)6-26-29(2,23)24/h3-5,10-13,15,17-19H,6H2,1-2H3/t10?,11-,12-,13?,15+/m0/s1.